The van der Waals surface area contributed by atoms with Gasteiger partial charge in [-0.05, 0) is 38.5 Å². The number of nitrogens with two attached hydrogens (primary N) is 1. The molecule has 2 rings (SSSR count). The summed E-state index contributed by atoms with van der Waals surface area (Å²) in [7, 11) is 0. The summed E-state index contributed by atoms with van der Waals surface area (Å²) in [6.45, 7) is 4.50. The minimum absolute atomic E-state index is 0.00232. The molecule has 4 heteroatoms. The van der Waals surface area contributed by atoms with Gasteiger partial charge in [0.05, 0.1) is 0 Å². The Bertz CT molecular complexity index is 445. The lowest BCUT2D eigenvalue weighted by molar-refractivity contribution is 0.0650. The van der Waals surface area contributed by atoms with Gasteiger partial charge in [-0.1, -0.05) is 6.07 Å². The van der Waals surface area contributed by atoms with E-state index in [0.29, 0.717) is 12.1 Å². The van der Waals surface area contributed by atoms with Crippen molar-refractivity contribution in [2.24, 2.45) is 5.73 Å². The van der Waals surface area contributed by atoms with Crippen LogP contribution in [0.1, 0.15) is 30.6 Å². The highest BCUT2D eigenvalue weighted by Gasteiger charge is 2.39. The summed E-state index contributed by atoms with van der Waals surface area (Å²) in [6, 6.07) is 5.78. The van der Waals surface area contributed by atoms with Gasteiger partial charge in [0, 0.05) is 23.7 Å². The number of carbonyl (C=O) groups excluding carboxylic acids is 1. The minimum atomic E-state index is -0.392. The quantitative estimate of drug-likeness (QED) is 0.808. The topological polar surface area (TPSA) is 46.3 Å². The van der Waals surface area contributed by atoms with Crippen LogP contribution in [0.2, 0.25) is 0 Å². The molecule has 0 aromatic heterocycles. The summed E-state index contributed by atoms with van der Waals surface area (Å²) >= 11 is 0. The summed E-state index contributed by atoms with van der Waals surface area (Å²) in [5.74, 6) is -0.542. The van der Waals surface area contributed by atoms with Gasteiger partial charge in [-0.3, -0.25) is 4.79 Å². The Kier molecular flexibility index (Phi) is 2.91. The summed E-state index contributed by atoms with van der Waals surface area (Å²) in [5, 5.41) is 0. The van der Waals surface area contributed by atoms with Crippen LogP contribution < -0.4 is 5.73 Å². The summed E-state index contributed by atoms with van der Waals surface area (Å²) in [6.07, 6.45) is 0.772. The molecule has 1 atom stereocenters. The highest BCUT2D eigenvalue weighted by molar-refractivity contribution is 5.95. The number of halogens is 1. The summed E-state index contributed by atoms with van der Waals surface area (Å²) in [5.41, 5.74) is 6.00. The first-order chi connectivity index (χ1) is 7.90. The van der Waals surface area contributed by atoms with E-state index in [1.807, 2.05) is 13.8 Å². The zero-order valence-electron chi connectivity index (χ0n) is 10.1. The third-order valence-corrected chi connectivity index (χ3v) is 3.23. The standard InChI is InChI=1S/C13H17FN2O/c1-13(2)7-11(15)8-16(13)12(17)9-4-3-5-10(14)6-9/h3-6,11H,7-8,15H2,1-2H3. The largest absolute Gasteiger partial charge is 0.332 e. The normalized spacial score (nSPS) is 22.8. The number of carbonyl (C=O) groups is 1. The smallest absolute Gasteiger partial charge is 0.254 e. The van der Waals surface area contributed by atoms with Crippen LogP contribution in [0.15, 0.2) is 24.3 Å². The van der Waals surface area contributed by atoms with Crippen molar-refractivity contribution < 1.29 is 9.18 Å². The Morgan fingerprint density at radius 1 is 1.53 bits per heavy atom. The Hall–Kier alpha value is -1.42. The minimum Gasteiger partial charge on any atom is -0.332 e. The maximum absolute atomic E-state index is 13.1. The molecular formula is C13H17FN2O. The molecule has 1 aromatic carbocycles. The molecule has 3 nitrogen and oxygen atoms in total. The van der Waals surface area contributed by atoms with Crippen molar-refractivity contribution in [2.45, 2.75) is 31.8 Å². The van der Waals surface area contributed by atoms with Crippen LogP contribution >= 0.6 is 0 Å². The first-order valence-corrected chi connectivity index (χ1v) is 5.73. The van der Waals surface area contributed by atoms with Gasteiger partial charge in [0.2, 0.25) is 0 Å². The fraction of sp³-hybridized carbons (Fsp3) is 0.462. The molecular weight excluding hydrogens is 219 g/mol. The second-order valence-corrected chi connectivity index (χ2v) is 5.20. The van der Waals surface area contributed by atoms with Crippen molar-refractivity contribution in [3.05, 3.63) is 35.6 Å². The second kappa shape index (κ2) is 4.11. The second-order valence-electron chi connectivity index (χ2n) is 5.20. The lowest BCUT2D eigenvalue weighted by Gasteiger charge is -2.31. The van der Waals surface area contributed by atoms with Crippen LogP contribution in [0, 0.1) is 5.82 Å². The average Bonchev–Trinajstić information content (AvgIpc) is 2.51. The van der Waals surface area contributed by atoms with E-state index >= 15 is 0 Å². The molecule has 1 aromatic rings. The monoisotopic (exact) mass is 236 g/mol. The maximum Gasteiger partial charge on any atom is 0.254 e. The number of rotatable bonds is 1. The molecule has 1 heterocycles. The van der Waals surface area contributed by atoms with E-state index in [4.69, 9.17) is 5.73 Å². The summed E-state index contributed by atoms with van der Waals surface area (Å²) < 4.78 is 13.1. The van der Waals surface area contributed by atoms with E-state index in [1.165, 1.54) is 12.1 Å². The van der Waals surface area contributed by atoms with E-state index in [9.17, 15) is 9.18 Å². The third-order valence-electron chi connectivity index (χ3n) is 3.23. The van der Waals surface area contributed by atoms with Crippen molar-refractivity contribution in [3.63, 3.8) is 0 Å². The van der Waals surface area contributed by atoms with Crippen molar-refractivity contribution in [1.29, 1.82) is 0 Å². The van der Waals surface area contributed by atoms with Gasteiger partial charge in [0.25, 0.3) is 5.91 Å². The molecule has 1 unspecified atom stereocenters. The lowest BCUT2D eigenvalue weighted by Crippen LogP contribution is -2.42. The van der Waals surface area contributed by atoms with Gasteiger partial charge in [0.15, 0.2) is 0 Å². The molecule has 1 saturated heterocycles. The predicted molar refractivity (Wildman–Crippen MR) is 64.1 cm³/mol. The molecule has 1 amide bonds. The number of amides is 1. The number of benzene rings is 1. The molecule has 1 aliphatic heterocycles. The number of likely N-dealkylation sites (tertiary alicyclic amines) is 1. The van der Waals surface area contributed by atoms with E-state index in [-0.39, 0.29) is 17.5 Å². The molecule has 1 fully saturated rings. The molecule has 0 spiro atoms. The van der Waals surface area contributed by atoms with Crippen LogP contribution in [0.3, 0.4) is 0 Å². The van der Waals surface area contributed by atoms with E-state index in [1.54, 1.807) is 17.0 Å². The van der Waals surface area contributed by atoms with Crippen LogP contribution in [-0.2, 0) is 0 Å². The lowest BCUT2D eigenvalue weighted by atomic mass is 10.00. The molecule has 17 heavy (non-hydrogen) atoms. The Morgan fingerprint density at radius 2 is 2.24 bits per heavy atom. The molecule has 0 saturated carbocycles. The Labute approximate surface area is 100 Å². The molecule has 0 radical (unpaired) electrons. The third kappa shape index (κ3) is 2.31. The maximum atomic E-state index is 13.1. The number of nitrogens with zero attached hydrogens (tertiary/aromatic N) is 1. The first-order valence-electron chi connectivity index (χ1n) is 5.73. The zero-order valence-corrected chi connectivity index (χ0v) is 10.1. The molecule has 0 bridgehead atoms. The predicted octanol–water partition coefficient (Wildman–Crippen LogP) is 1.78. The van der Waals surface area contributed by atoms with Crippen molar-refractivity contribution >= 4 is 5.91 Å². The number of hydrogen-bond donors (Lipinski definition) is 1. The van der Waals surface area contributed by atoms with Gasteiger partial charge in [0.1, 0.15) is 5.82 Å². The van der Waals surface area contributed by atoms with Crippen LogP contribution in [0.5, 0.6) is 0 Å². The van der Waals surface area contributed by atoms with Crippen LogP contribution in [-0.4, -0.2) is 28.9 Å². The highest BCUT2D eigenvalue weighted by atomic mass is 19.1. The molecule has 92 valence electrons. The van der Waals surface area contributed by atoms with E-state index in [0.717, 1.165) is 6.42 Å². The zero-order chi connectivity index (χ0) is 12.6. The van der Waals surface area contributed by atoms with E-state index < -0.39 is 5.82 Å². The molecule has 2 N–H and O–H groups in total. The SMILES string of the molecule is CC1(C)CC(N)CN1C(=O)c1cccc(F)c1. The molecule has 1 aliphatic rings. The Morgan fingerprint density at radius 3 is 2.76 bits per heavy atom. The fourth-order valence-corrected chi connectivity index (χ4v) is 2.43. The van der Waals surface area contributed by atoms with Gasteiger partial charge in [-0.25, -0.2) is 4.39 Å². The van der Waals surface area contributed by atoms with Crippen LogP contribution in [0.4, 0.5) is 4.39 Å². The first kappa shape index (κ1) is 12.0. The van der Waals surface area contributed by atoms with Gasteiger partial charge in [-0.15, -0.1) is 0 Å². The van der Waals surface area contributed by atoms with Crippen LogP contribution in [0.25, 0.3) is 0 Å². The van der Waals surface area contributed by atoms with Gasteiger partial charge in [-0.2, -0.15) is 0 Å². The average molecular weight is 236 g/mol. The fourth-order valence-electron chi connectivity index (χ4n) is 2.43. The summed E-state index contributed by atoms with van der Waals surface area (Å²) in [4.78, 5) is 14.0. The number of hydrogen-bond acceptors (Lipinski definition) is 2. The van der Waals surface area contributed by atoms with Crippen molar-refractivity contribution in [1.82, 2.24) is 4.90 Å². The van der Waals surface area contributed by atoms with Crippen molar-refractivity contribution in [3.8, 4) is 0 Å². The van der Waals surface area contributed by atoms with Crippen molar-refractivity contribution in [2.75, 3.05) is 6.54 Å². The van der Waals surface area contributed by atoms with Gasteiger partial charge >= 0.3 is 0 Å². The van der Waals surface area contributed by atoms with E-state index in [2.05, 4.69) is 0 Å². The Balaban J connectivity index is 2.26. The highest BCUT2D eigenvalue weighted by Crippen LogP contribution is 2.29. The van der Waals surface area contributed by atoms with Gasteiger partial charge < -0.3 is 10.6 Å². The molecule has 0 aliphatic carbocycles.